The maximum absolute atomic E-state index is 13.6. The van der Waals surface area contributed by atoms with Crippen molar-refractivity contribution in [2.45, 2.75) is 13.8 Å². The van der Waals surface area contributed by atoms with Crippen LogP contribution in [0.25, 0.3) is 0 Å². The zero-order chi connectivity index (χ0) is 12.1. The third kappa shape index (κ3) is 3.28. The summed E-state index contributed by atoms with van der Waals surface area (Å²) in [5.41, 5.74) is 6.69. The predicted octanol–water partition coefficient (Wildman–Crippen LogP) is 2.35. The van der Waals surface area contributed by atoms with Crippen LogP contribution >= 0.6 is 11.8 Å². The van der Waals surface area contributed by atoms with Crippen molar-refractivity contribution in [3.05, 3.63) is 29.1 Å². The molecule has 1 aromatic carbocycles. The standard InChI is InChI=1S/C12H12FNOS/c1-8-11(14)6-5-10(12(8)13)4-3-7-16-9(2)15/h5-6H,7,14H2,1-2H3. The Morgan fingerprint density at radius 1 is 1.56 bits per heavy atom. The van der Waals surface area contributed by atoms with Crippen LogP contribution in [0.1, 0.15) is 18.1 Å². The first-order chi connectivity index (χ1) is 7.52. The fraction of sp³-hybridized carbons (Fsp3) is 0.250. The molecule has 0 saturated heterocycles. The molecule has 0 heterocycles. The van der Waals surface area contributed by atoms with Crippen LogP contribution in [-0.2, 0) is 4.79 Å². The molecule has 84 valence electrons. The summed E-state index contributed by atoms with van der Waals surface area (Å²) in [6.45, 7) is 3.08. The number of rotatable bonds is 1. The second-order valence-corrected chi connectivity index (χ2v) is 4.38. The molecule has 0 aromatic heterocycles. The van der Waals surface area contributed by atoms with E-state index in [0.717, 1.165) is 11.8 Å². The van der Waals surface area contributed by atoms with Gasteiger partial charge in [-0.25, -0.2) is 4.39 Å². The number of nitrogen functional groups attached to an aromatic ring is 1. The Morgan fingerprint density at radius 2 is 2.25 bits per heavy atom. The summed E-state index contributed by atoms with van der Waals surface area (Å²) in [4.78, 5) is 10.6. The van der Waals surface area contributed by atoms with Gasteiger partial charge in [0, 0.05) is 18.2 Å². The second-order valence-electron chi connectivity index (χ2n) is 3.22. The summed E-state index contributed by atoms with van der Waals surface area (Å²) in [6.07, 6.45) is 0. The minimum absolute atomic E-state index is 0.00302. The van der Waals surface area contributed by atoms with Crippen molar-refractivity contribution in [2.75, 3.05) is 11.5 Å². The Hall–Kier alpha value is -1.47. The molecule has 0 fully saturated rings. The summed E-state index contributed by atoms with van der Waals surface area (Å²) in [7, 11) is 0. The van der Waals surface area contributed by atoms with E-state index in [0.29, 0.717) is 22.6 Å². The molecule has 0 aliphatic rings. The van der Waals surface area contributed by atoms with Gasteiger partial charge in [-0.2, -0.15) is 0 Å². The molecule has 0 spiro atoms. The average Bonchev–Trinajstić information content (AvgIpc) is 2.23. The van der Waals surface area contributed by atoms with Crippen molar-refractivity contribution >= 4 is 22.6 Å². The highest BCUT2D eigenvalue weighted by atomic mass is 32.2. The first-order valence-electron chi connectivity index (χ1n) is 4.69. The van der Waals surface area contributed by atoms with Crippen molar-refractivity contribution in [1.29, 1.82) is 0 Å². The summed E-state index contributed by atoms with van der Waals surface area (Å²) >= 11 is 1.10. The van der Waals surface area contributed by atoms with Crippen molar-refractivity contribution in [1.82, 2.24) is 0 Å². The van der Waals surface area contributed by atoms with E-state index in [1.807, 2.05) is 0 Å². The number of carbonyl (C=O) groups is 1. The van der Waals surface area contributed by atoms with Gasteiger partial charge in [-0.05, 0) is 19.1 Å². The summed E-state index contributed by atoms with van der Waals surface area (Å²) < 4.78 is 13.6. The molecule has 0 atom stereocenters. The number of hydrogen-bond donors (Lipinski definition) is 1. The number of halogens is 1. The molecule has 1 aromatic rings. The summed E-state index contributed by atoms with van der Waals surface area (Å²) in [6, 6.07) is 3.17. The predicted molar refractivity (Wildman–Crippen MR) is 65.6 cm³/mol. The molecular weight excluding hydrogens is 225 g/mol. The molecule has 0 aliphatic carbocycles. The average molecular weight is 237 g/mol. The van der Waals surface area contributed by atoms with Gasteiger partial charge in [-0.3, -0.25) is 4.79 Å². The first-order valence-corrected chi connectivity index (χ1v) is 5.67. The van der Waals surface area contributed by atoms with E-state index < -0.39 is 0 Å². The zero-order valence-electron chi connectivity index (χ0n) is 9.13. The van der Waals surface area contributed by atoms with Gasteiger partial charge < -0.3 is 5.73 Å². The van der Waals surface area contributed by atoms with Crippen molar-refractivity contribution in [3.8, 4) is 11.8 Å². The molecule has 1 rings (SSSR count). The molecule has 0 saturated carbocycles. The van der Waals surface area contributed by atoms with E-state index in [-0.39, 0.29) is 10.9 Å². The van der Waals surface area contributed by atoms with Gasteiger partial charge in [0.2, 0.25) is 0 Å². The van der Waals surface area contributed by atoms with Crippen LogP contribution in [-0.4, -0.2) is 10.9 Å². The Balaban J connectivity index is 2.82. The van der Waals surface area contributed by atoms with Crippen LogP contribution in [0.15, 0.2) is 12.1 Å². The lowest BCUT2D eigenvalue weighted by molar-refractivity contribution is -0.109. The number of hydrogen-bond acceptors (Lipinski definition) is 3. The zero-order valence-corrected chi connectivity index (χ0v) is 9.95. The van der Waals surface area contributed by atoms with Crippen LogP contribution in [0.2, 0.25) is 0 Å². The highest BCUT2D eigenvalue weighted by Crippen LogP contribution is 2.17. The van der Waals surface area contributed by atoms with Gasteiger partial charge in [0.05, 0.1) is 11.3 Å². The normalized spacial score (nSPS) is 9.44. The number of thioether (sulfide) groups is 1. The number of carbonyl (C=O) groups excluding carboxylic acids is 1. The van der Waals surface area contributed by atoms with E-state index in [9.17, 15) is 9.18 Å². The lowest BCUT2D eigenvalue weighted by Gasteiger charge is -2.02. The Labute approximate surface area is 98.4 Å². The largest absolute Gasteiger partial charge is 0.398 e. The van der Waals surface area contributed by atoms with Crippen molar-refractivity contribution in [2.24, 2.45) is 0 Å². The van der Waals surface area contributed by atoms with Gasteiger partial charge in [0.1, 0.15) is 5.82 Å². The third-order valence-electron chi connectivity index (χ3n) is 2.00. The Morgan fingerprint density at radius 3 is 2.88 bits per heavy atom. The molecule has 0 bridgehead atoms. The first kappa shape index (κ1) is 12.6. The van der Waals surface area contributed by atoms with E-state index in [2.05, 4.69) is 11.8 Å². The third-order valence-corrected chi connectivity index (χ3v) is 2.69. The molecule has 2 nitrogen and oxygen atoms in total. The topological polar surface area (TPSA) is 43.1 Å². The van der Waals surface area contributed by atoms with Crippen LogP contribution in [0, 0.1) is 24.6 Å². The maximum Gasteiger partial charge on any atom is 0.186 e. The molecular formula is C12H12FNOS. The monoisotopic (exact) mass is 237 g/mol. The van der Waals surface area contributed by atoms with Crippen LogP contribution in [0.4, 0.5) is 10.1 Å². The second kappa shape index (κ2) is 5.57. The number of benzene rings is 1. The van der Waals surface area contributed by atoms with Crippen LogP contribution in [0.5, 0.6) is 0 Å². The van der Waals surface area contributed by atoms with Gasteiger partial charge in [-0.15, -0.1) is 0 Å². The fourth-order valence-electron chi connectivity index (χ4n) is 1.07. The lowest BCUT2D eigenvalue weighted by atomic mass is 10.1. The van der Waals surface area contributed by atoms with Gasteiger partial charge in [0.15, 0.2) is 5.12 Å². The highest BCUT2D eigenvalue weighted by molar-refractivity contribution is 8.13. The molecule has 0 unspecified atom stereocenters. The highest BCUT2D eigenvalue weighted by Gasteiger charge is 2.05. The SMILES string of the molecule is CC(=O)SCC#Cc1ccc(N)c(C)c1F. The maximum atomic E-state index is 13.6. The van der Waals surface area contributed by atoms with Gasteiger partial charge in [0.25, 0.3) is 0 Å². The van der Waals surface area contributed by atoms with Crippen LogP contribution in [0.3, 0.4) is 0 Å². The van der Waals surface area contributed by atoms with E-state index in [4.69, 9.17) is 5.73 Å². The molecule has 16 heavy (non-hydrogen) atoms. The minimum atomic E-state index is -0.389. The van der Waals surface area contributed by atoms with Crippen molar-refractivity contribution < 1.29 is 9.18 Å². The van der Waals surface area contributed by atoms with Gasteiger partial charge >= 0.3 is 0 Å². The van der Waals surface area contributed by atoms with E-state index in [1.165, 1.54) is 6.92 Å². The summed E-state index contributed by atoms with van der Waals surface area (Å²) in [5, 5.41) is 0.00302. The summed E-state index contributed by atoms with van der Waals surface area (Å²) in [5.74, 6) is 5.40. The Kier molecular flexibility index (Phi) is 4.39. The molecule has 0 amide bonds. The number of anilines is 1. The fourth-order valence-corrected chi connectivity index (χ4v) is 1.41. The molecule has 4 heteroatoms. The van der Waals surface area contributed by atoms with Crippen molar-refractivity contribution in [3.63, 3.8) is 0 Å². The molecule has 2 N–H and O–H groups in total. The van der Waals surface area contributed by atoms with E-state index >= 15 is 0 Å². The minimum Gasteiger partial charge on any atom is -0.398 e. The molecule has 0 aliphatic heterocycles. The quantitative estimate of drug-likeness (QED) is 0.602. The number of nitrogens with two attached hydrogens (primary N) is 1. The van der Waals surface area contributed by atoms with Gasteiger partial charge in [-0.1, -0.05) is 23.6 Å². The Bertz CT molecular complexity index is 474. The molecule has 0 radical (unpaired) electrons. The van der Waals surface area contributed by atoms with Crippen LogP contribution < -0.4 is 5.73 Å². The smallest absolute Gasteiger partial charge is 0.186 e. The lowest BCUT2D eigenvalue weighted by Crippen LogP contribution is -1.95. The van der Waals surface area contributed by atoms with E-state index in [1.54, 1.807) is 19.1 Å².